The number of fused-ring (bicyclic) bond motifs is 3. The third kappa shape index (κ3) is 2.48. The summed E-state index contributed by atoms with van der Waals surface area (Å²) in [4.78, 5) is 1.44. The molecule has 23 heavy (non-hydrogen) atoms. The molecule has 0 saturated carbocycles. The molecule has 1 heterocycles. The fourth-order valence-corrected chi connectivity index (χ4v) is 5.07. The van der Waals surface area contributed by atoms with Gasteiger partial charge >= 0.3 is 0 Å². The van der Waals surface area contributed by atoms with Gasteiger partial charge in [0.05, 0.1) is 0 Å². The number of thioether (sulfide) groups is 1. The van der Waals surface area contributed by atoms with Gasteiger partial charge < -0.3 is 0 Å². The molecule has 0 aromatic heterocycles. The van der Waals surface area contributed by atoms with Crippen LogP contribution in [0, 0.1) is 0 Å². The highest BCUT2D eigenvalue weighted by molar-refractivity contribution is 8.00. The van der Waals surface area contributed by atoms with Crippen LogP contribution in [0.5, 0.6) is 0 Å². The Morgan fingerprint density at radius 1 is 0.826 bits per heavy atom. The maximum atomic E-state index is 2.37. The topological polar surface area (TPSA) is 0 Å². The molecule has 0 radical (unpaired) electrons. The van der Waals surface area contributed by atoms with Crippen LogP contribution in [0.25, 0.3) is 11.1 Å². The molecular formula is C22H22S. The third-order valence-electron chi connectivity index (χ3n) is 4.77. The molecule has 0 saturated heterocycles. The van der Waals surface area contributed by atoms with E-state index in [0.29, 0.717) is 11.2 Å². The normalized spacial score (nSPS) is 22.0. The van der Waals surface area contributed by atoms with Gasteiger partial charge in [-0.05, 0) is 33.7 Å². The van der Waals surface area contributed by atoms with E-state index in [2.05, 4.69) is 87.5 Å². The molecule has 1 aliphatic carbocycles. The van der Waals surface area contributed by atoms with Gasteiger partial charge in [-0.1, -0.05) is 81.5 Å². The van der Waals surface area contributed by atoms with Crippen LogP contribution in [-0.2, 0) is 5.41 Å². The van der Waals surface area contributed by atoms with Gasteiger partial charge in [0.25, 0.3) is 0 Å². The second-order valence-corrected chi connectivity index (χ2v) is 8.61. The van der Waals surface area contributed by atoms with Crippen molar-refractivity contribution in [2.24, 2.45) is 0 Å². The molecule has 2 unspecified atom stereocenters. The predicted octanol–water partition coefficient (Wildman–Crippen LogP) is 6.34. The minimum Gasteiger partial charge on any atom is -0.117 e. The van der Waals surface area contributed by atoms with E-state index in [4.69, 9.17) is 0 Å². The average Bonchev–Trinajstić information content (AvgIpc) is 2.92. The molecule has 1 heteroatoms. The molecule has 2 aliphatic rings. The molecule has 0 amide bonds. The number of rotatable bonds is 1. The summed E-state index contributed by atoms with van der Waals surface area (Å²) in [6, 6.07) is 15.7. The van der Waals surface area contributed by atoms with Gasteiger partial charge in [-0.2, -0.15) is 0 Å². The Kier molecular flexibility index (Phi) is 3.50. The Morgan fingerprint density at radius 2 is 1.57 bits per heavy atom. The smallest absolute Gasteiger partial charge is 0.0381 e. The highest BCUT2D eigenvalue weighted by Crippen LogP contribution is 2.52. The fourth-order valence-electron chi connectivity index (χ4n) is 3.70. The molecule has 0 fully saturated rings. The first-order valence-corrected chi connectivity index (χ1v) is 9.18. The molecular weight excluding hydrogens is 296 g/mol. The predicted molar refractivity (Wildman–Crippen MR) is 101 cm³/mol. The van der Waals surface area contributed by atoms with Gasteiger partial charge in [0, 0.05) is 16.1 Å². The second-order valence-electron chi connectivity index (χ2n) is 7.39. The van der Waals surface area contributed by atoms with E-state index in [1.807, 2.05) is 11.8 Å². The number of hydrogen-bond acceptors (Lipinski definition) is 1. The van der Waals surface area contributed by atoms with E-state index in [1.165, 1.54) is 27.1 Å². The molecule has 4 rings (SSSR count). The molecule has 0 bridgehead atoms. The van der Waals surface area contributed by atoms with Crippen molar-refractivity contribution in [3.63, 3.8) is 0 Å². The number of allylic oxidation sites excluding steroid dienone is 3. The summed E-state index contributed by atoms with van der Waals surface area (Å²) in [6.07, 6.45) is 9.09. The van der Waals surface area contributed by atoms with Crippen LogP contribution in [0.1, 0.15) is 37.8 Å². The van der Waals surface area contributed by atoms with Crippen molar-refractivity contribution in [2.45, 2.75) is 42.2 Å². The zero-order valence-corrected chi connectivity index (χ0v) is 14.7. The summed E-state index contributed by atoms with van der Waals surface area (Å²) in [5.74, 6) is 0.504. The first kappa shape index (κ1) is 14.8. The van der Waals surface area contributed by atoms with Crippen molar-refractivity contribution in [3.8, 4) is 11.1 Å². The van der Waals surface area contributed by atoms with E-state index >= 15 is 0 Å². The molecule has 0 nitrogen and oxygen atoms in total. The van der Waals surface area contributed by atoms with E-state index in [-0.39, 0.29) is 5.41 Å². The molecule has 2 atom stereocenters. The van der Waals surface area contributed by atoms with E-state index in [9.17, 15) is 0 Å². The highest BCUT2D eigenvalue weighted by Gasteiger charge is 2.33. The Labute approximate surface area is 143 Å². The number of hydrogen-bond donors (Lipinski definition) is 0. The summed E-state index contributed by atoms with van der Waals surface area (Å²) < 4.78 is 0. The Morgan fingerprint density at radius 3 is 2.39 bits per heavy atom. The van der Waals surface area contributed by atoms with Crippen LogP contribution in [0.3, 0.4) is 0 Å². The standard InChI is InChI=1S/C22H22S/c1-22(2,3)18-12-6-4-9-15(18)16-11-8-14-20-21(16)17-10-5-7-13-19(17)23-20/h4-14,17,19H,1-3H3. The Balaban J connectivity index is 1.93. The van der Waals surface area contributed by atoms with Crippen LogP contribution in [0.2, 0.25) is 0 Å². The van der Waals surface area contributed by atoms with Crippen LogP contribution < -0.4 is 0 Å². The lowest BCUT2D eigenvalue weighted by molar-refractivity contribution is 0.592. The molecule has 1 aliphatic heterocycles. The Bertz CT molecular complexity index is 805. The maximum absolute atomic E-state index is 2.37. The lowest BCUT2D eigenvalue weighted by atomic mass is 9.79. The van der Waals surface area contributed by atoms with Crippen molar-refractivity contribution in [3.05, 3.63) is 77.9 Å². The molecule has 2 aromatic rings. The van der Waals surface area contributed by atoms with Gasteiger partial charge in [-0.3, -0.25) is 0 Å². The highest BCUT2D eigenvalue weighted by atomic mass is 32.2. The van der Waals surface area contributed by atoms with E-state index in [1.54, 1.807) is 0 Å². The van der Waals surface area contributed by atoms with Gasteiger partial charge in [0.1, 0.15) is 0 Å². The lowest BCUT2D eigenvalue weighted by Gasteiger charge is -2.25. The fraction of sp³-hybridized carbons (Fsp3) is 0.273. The van der Waals surface area contributed by atoms with Crippen LogP contribution in [0.15, 0.2) is 71.7 Å². The molecule has 2 aromatic carbocycles. The summed E-state index contributed by atoms with van der Waals surface area (Å²) in [5, 5.41) is 0.554. The van der Waals surface area contributed by atoms with Crippen LogP contribution >= 0.6 is 11.8 Å². The van der Waals surface area contributed by atoms with E-state index in [0.717, 1.165) is 0 Å². The minimum atomic E-state index is 0.146. The molecule has 116 valence electrons. The largest absolute Gasteiger partial charge is 0.117 e. The lowest BCUT2D eigenvalue weighted by Crippen LogP contribution is -2.13. The van der Waals surface area contributed by atoms with Gasteiger partial charge in [0.15, 0.2) is 0 Å². The first-order valence-electron chi connectivity index (χ1n) is 8.30. The Hall–Kier alpha value is -1.73. The van der Waals surface area contributed by atoms with Crippen molar-refractivity contribution >= 4 is 11.8 Å². The van der Waals surface area contributed by atoms with Gasteiger partial charge in [-0.25, -0.2) is 0 Å². The quantitative estimate of drug-likeness (QED) is 0.591. The second kappa shape index (κ2) is 5.42. The summed E-state index contributed by atoms with van der Waals surface area (Å²) in [7, 11) is 0. The van der Waals surface area contributed by atoms with Crippen molar-refractivity contribution in [1.82, 2.24) is 0 Å². The third-order valence-corrected chi connectivity index (χ3v) is 6.10. The molecule has 0 spiro atoms. The minimum absolute atomic E-state index is 0.146. The van der Waals surface area contributed by atoms with Gasteiger partial charge in [0.2, 0.25) is 0 Å². The summed E-state index contributed by atoms with van der Waals surface area (Å²) in [5.41, 5.74) is 5.89. The zero-order valence-electron chi connectivity index (χ0n) is 13.9. The zero-order chi connectivity index (χ0) is 16.0. The van der Waals surface area contributed by atoms with Gasteiger partial charge in [-0.15, -0.1) is 11.8 Å². The first-order chi connectivity index (χ1) is 11.1. The average molecular weight is 318 g/mol. The SMILES string of the molecule is CC(C)(C)c1ccccc1-c1cccc2c1C1C=CC=CC1S2. The van der Waals surface area contributed by atoms with E-state index < -0.39 is 0 Å². The van der Waals surface area contributed by atoms with Crippen molar-refractivity contribution < 1.29 is 0 Å². The number of benzene rings is 2. The molecule has 0 N–H and O–H groups in total. The van der Waals surface area contributed by atoms with Crippen LogP contribution in [0.4, 0.5) is 0 Å². The van der Waals surface area contributed by atoms with Crippen LogP contribution in [-0.4, -0.2) is 5.25 Å². The maximum Gasteiger partial charge on any atom is 0.0381 e. The van der Waals surface area contributed by atoms with Crippen molar-refractivity contribution in [1.29, 1.82) is 0 Å². The summed E-state index contributed by atoms with van der Waals surface area (Å²) >= 11 is 2.00. The summed E-state index contributed by atoms with van der Waals surface area (Å²) in [6.45, 7) is 6.90. The monoisotopic (exact) mass is 318 g/mol. The van der Waals surface area contributed by atoms with Crippen molar-refractivity contribution in [2.75, 3.05) is 0 Å².